The van der Waals surface area contributed by atoms with Crippen molar-refractivity contribution in [3.63, 3.8) is 0 Å². The Morgan fingerprint density at radius 3 is 2.56 bits per heavy atom. The van der Waals surface area contributed by atoms with Crippen LogP contribution in [0.25, 0.3) is 11.3 Å². The van der Waals surface area contributed by atoms with Gasteiger partial charge in [-0.05, 0) is 36.6 Å². The van der Waals surface area contributed by atoms with Crippen molar-refractivity contribution in [1.29, 1.82) is 0 Å². The maximum absolute atomic E-state index is 13.7. The molecule has 0 saturated carbocycles. The molecule has 94 valence electrons. The lowest BCUT2D eigenvalue weighted by Gasteiger charge is -2.07. The summed E-state index contributed by atoms with van der Waals surface area (Å²) in [5, 5.41) is 0. The van der Waals surface area contributed by atoms with Crippen molar-refractivity contribution in [3.8, 4) is 11.3 Å². The monoisotopic (exact) mass is 247 g/mol. The quantitative estimate of drug-likeness (QED) is 0.791. The molecule has 0 amide bonds. The van der Waals surface area contributed by atoms with Crippen molar-refractivity contribution in [2.45, 2.75) is 20.3 Å². The molecule has 2 rings (SSSR count). The fraction of sp³-hybridized carbons (Fsp3) is 0.267. The number of aromatic nitrogens is 1. The molecule has 0 atom stereocenters. The van der Waals surface area contributed by atoms with Gasteiger partial charge in [0.25, 0.3) is 0 Å². The summed E-state index contributed by atoms with van der Waals surface area (Å²) in [6.07, 6.45) is 0.844. The van der Waals surface area contributed by atoms with E-state index in [1.165, 1.54) is 12.1 Å². The maximum Gasteiger partial charge on any atom is 0.135 e. The third kappa shape index (κ3) is 2.92. The van der Waals surface area contributed by atoms with Crippen LogP contribution >= 0.6 is 0 Å². The molecule has 0 fully saturated rings. The Kier molecular flexibility index (Phi) is 3.70. The largest absolute Gasteiger partial charge is 0.253 e. The first-order chi connectivity index (χ1) is 8.56. The normalized spacial score (nSPS) is 10.9. The van der Waals surface area contributed by atoms with Crippen molar-refractivity contribution in [2.24, 2.45) is 5.92 Å². The third-order valence-electron chi connectivity index (χ3n) is 2.63. The van der Waals surface area contributed by atoms with Gasteiger partial charge in [0.1, 0.15) is 11.6 Å². The number of benzene rings is 1. The van der Waals surface area contributed by atoms with Gasteiger partial charge in [-0.15, -0.1) is 0 Å². The van der Waals surface area contributed by atoms with E-state index in [9.17, 15) is 8.78 Å². The van der Waals surface area contributed by atoms with Crippen LogP contribution < -0.4 is 0 Å². The highest BCUT2D eigenvalue weighted by molar-refractivity contribution is 5.59. The Morgan fingerprint density at radius 1 is 1.11 bits per heavy atom. The summed E-state index contributed by atoms with van der Waals surface area (Å²) in [7, 11) is 0. The predicted molar refractivity (Wildman–Crippen MR) is 68.1 cm³/mol. The van der Waals surface area contributed by atoms with Crippen LogP contribution in [0.3, 0.4) is 0 Å². The zero-order valence-electron chi connectivity index (χ0n) is 10.5. The van der Waals surface area contributed by atoms with Crippen molar-refractivity contribution >= 4 is 0 Å². The summed E-state index contributed by atoms with van der Waals surface area (Å²) in [6.45, 7) is 4.21. The number of pyridine rings is 1. The van der Waals surface area contributed by atoms with Crippen molar-refractivity contribution < 1.29 is 8.78 Å². The first-order valence-electron chi connectivity index (χ1n) is 5.97. The number of rotatable bonds is 3. The standard InChI is InChI=1S/C15H15F2N/c1-10(2)8-12-4-3-5-15(18-12)13-7-6-11(16)9-14(13)17/h3-7,9-10H,8H2,1-2H3. The highest BCUT2D eigenvalue weighted by Gasteiger charge is 2.08. The Balaban J connectivity index is 2.38. The Morgan fingerprint density at radius 2 is 1.89 bits per heavy atom. The molecule has 0 aliphatic carbocycles. The van der Waals surface area contributed by atoms with Gasteiger partial charge in [0, 0.05) is 17.3 Å². The van der Waals surface area contributed by atoms with E-state index in [1.54, 1.807) is 6.07 Å². The average molecular weight is 247 g/mol. The summed E-state index contributed by atoms with van der Waals surface area (Å²) < 4.78 is 26.5. The van der Waals surface area contributed by atoms with E-state index in [0.29, 0.717) is 17.2 Å². The average Bonchev–Trinajstić information content (AvgIpc) is 2.28. The molecule has 0 aliphatic heterocycles. The molecule has 2 aromatic rings. The van der Waals surface area contributed by atoms with Gasteiger partial charge in [-0.1, -0.05) is 19.9 Å². The van der Waals surface area contributed by atoms with Gasteiger partial charge < -0.3 is 0 Å². The molecular weight excluding hydrogens is 232 g/mol. The molecule has 18 heavy (non-hydrogen) atoms. The van der Waals surface area contributed by atoms with Crippen LogP contribution in [0.2, 0.25) is 0 Å². The van der Waals surface area contributed by atoms with Crippen LogP contribution in [-0.2, 0) is 6.42 Å². The number of halogens is 2. The topological polar surface area (TPSA) is 12.9 Å². The summed E-state index contributed by atoms with van der Waals surface area (Å²) in [5.74, 6) is -0.662. The Hall–Kier alpha value is -1.77. The Bertz CT molecular complexity index is 550. The molecule has 1 nitrogen and oxygen atoms in total. The van der Waals surface area contributed by atoms with Gasteiger partial charge in [0.15, 0.2) is 0 Å². The molecule has 1 heterocycles. The molecule has 1 aromatic carbocycles. The second-order valence-electron chi connectivity index (χ2n) is 4.74. The minimum Gasteiger partial charge on any atom is -0.253 e. The van der Waals surface area contributed by atoms with Crippen LogP contribution in [0.15, 0.2) is 36.4 Å². The molecule has 0 saturated heterocycles. The number of hydrogen-bond acceptors (Lipinski definition) is 1. The molecular formula is C15H15F2N. The van der Waals surface area contributed by atoms with E-state index in [4.69, 9.17) is 0 Å². The lowest BCUT2D eigenvalue weighted by molar-refractivity contribution is 0.585. The summed E-state index contributed by atoms with van der Waals surface area (Å²) in [4.78, 5) is 4.41. The number of nitrogens with zero attached hydrogens (tertiary/aromatic N) is 1. The molecule has 0 unspecified atom stereocenters. The van der Waals surface area contributed by atoms with Crippen LogP contribution in [0, 0.1) is 17.6 Å². The van der Waals surface area contributed by atoms with Gasteiger partial charge in [0.2, 0.25) is 0 Å². The van der Waals surface area contributed by atoms with E-state index < -0.39 is 11.6 Å². The van der Waals surface area contributed by atoms with Crippen molar-refractivity contribution in [3.05, 3.63) is 53.7 Å². The van der Waals surface area contributed by atoms with E-state index in [2.05, 4.69) is 18.8 Å². The lowest BCUT2D eigenvalue weighted by atomic mass is 10.1. The van der Waals surface area contributed by atoms with Crippen LogP contribution in [0.4, 0.5) is 8.78 Å². The van der Waals surface area contributed by atoms with Crippen LogP contribution in [0.5, 0.6) is 0 Å². The highest BCUT2D eigenvalue weighted by atomic mass is 19.1. The van der Waals surface area contributed by atoms with Gasteiger partial charge >= 0.3 is 0 Å². The second kappa shape index (κ2) is 5.25. The van der Waals surface area contributed by atoms with Crippen LogP contribution in [-0.4, -0.2) is 4.98 Å². The number of hydrogen-bond donors (Lipinski definition) is 0. The molecule has 0 spiro atoms. The van der Waals surface area contributed by atoms with Gasteiger partial charge in [-0.3, -0.25) is 4.98 Å². The zero-order chi connectivity index (χ0) is 13.1. The van der Waals surface area contributed by atoms with Crippen molar-refractivity contribution in [2.75, 3.05) is 0 Å². The van der Waals surface area contributed by atoms with E-state index in [0.717, 1.165) is 18.2 Å². The summed E-state index contributed by atoms with van der Waals surface area (Å²) >= 11 is 0. The zero-order valence-corrected chi connectivity index (χ0v) is 10.5. The maximum atomic E-state index is 13.7. The van der Waals surface area contributed by atoms with Gasteiger partial charge in [-0.2, -0.15) is 0 Å². The minimum atomic E-state index is -0.579. The summed E-state index contributed by atoms with van der Waals surface area (Å²) in [6, 6.07) is 9.06. The van der Waals surface area contributed by atoms with E-state index >= 15 is 0 Å². The fourth-order valence-electron chi connectivity index (χ4n) is 1.86. The molecule has 0 bridgehead atoms. The lowest BCUT2D eigenvalue weighted by Crippen LogP contribution is -1.98. The van der Waals surface area contributed by atoms with Crippen molar-refractivity contribution in [1.82, 2.24) is 4.98 Å². The molecule has 1 aromatic heterocycles. The van der Waals surface area contributed by atoms with E-state index in [-0.39, 0.29) is 0 Å². The van der Waals surface area contributed by atoms with Gasteiger partial charge in [0.05, 0.1) is 5.69 Å². The first kappa shape index (κ1) is 12.7. The highest BCUT2D eigenvalue weighted by Crippen LogP contribution is 2.22. The third-order valence-corrected chi connectivity index (χ3v) is 2.63. The first-order valence-corrected chi connectivity index (χ1v) is 5.97. The van der Waals surface area contributed by atoms with Gasteiger partial charge in [-0.25, -0.2) is 8.78 Å². The second-order valence-corrected chi connectivity index (χ2v) is 4.74. The smallest absolute Gasteiger partial charge is 0.135 e. The fourth-order valence-corrected chi connectivity index (χ4v) is 1.86. The SMILES string of the molecule is CC(C)Cc1cccc(-c2ccc(F)cc2F)n1. The predicted octanol–water partition coefficient (Wildman–Crippen LogP) is 4.23. The molecule has 3 heteroatoms. The molecule has 0 radical (unpaired) electrons. The molecule has 0 aliphatic rings. The van der Waals surface area contributed by atoms with Crippen LogP contribution in [0.1, 0.15) is 19.5 Å². The van der Waals surface area contributed by atoms with E-state index in [1.807, 2.05) is 12.1 Å². The summed E-state index contributed by atoms with van der Waals surface area (Å²) in [5.41, 5.74) is 1.80. The minimum absolute atomic E-state index is 0.335. The molecule has 0 N–H and O–H groups in total. The Labute approximate surface area is 105 Å².